The summed E-state index contributed by atoms with van der Waals surface area (Å²) < 4.78 is 26.8. The van der Waals surface area contributed by atoms with Crippen LogP contribution in [0.3, 0.4) is 0 Å². The molecule has 2 atom stereocenters. The van der Waals surface area contributed by atoms with E-state index >= 15 is 0 Å². The van der Waals surface area contributed by atoms with Crippen molar-refractivity contribution in [2.24, 2.45) is 5.73 Å². The van der Waals surface area contributed by atoms with Crippen LogP contribution in [0.25, 0.3) is 0 Å². The first kappa shape index (κ1) is 15.7. The molecule has 20 heavy (non-hydrogen) atoms. The van der Waals surface area contributed by atoms with Crippen LogP contribution in [0, 0.1) is 0 Å². The lowest BCUT2D eigenvalue weighted by molar-refractivity contribution is 0.340. The molecule has 110 valence electrons. The number of rotatable bonds is 3. The number of pyridine rings is 1. The second-order valence-electron chi connectivity index (χ2n) is 4.68. The summed E-state index contributed by atoms with van der Waals surface area (Å²) in [6, 6.07) is 3.02. The quantitative estimate of drug-likeness (QED) is 0.840. The molecule has 0 saturated carbocycles. The van der Waals surface area contributed by atoms with Gasteiger partial charge in [0.1, 0.15) is 9.88 Å². The van der Waals surface area contributed by atoms with Gasteiger partial charge < -0.3 is 5.73 Å². The topological polar surface area (TPSA) is 76.3 Å². The van der Waals surface area contributed by atoms with Crippen LogP contribution in [0.2, 0.25) is 0 Å². The first-order chi connectivity index (χ1) is 9.34. The SMILES string of the molecule is CC1SCCN(S(=O)(=O)c2ccc(C(N)=S)nc2)C1C. The van der Waals surface area contributed by atoms with Crippen molar-refractivity contribution in [1.29, 1.82) is 0 Å². The summed E-state index contributed by atoms with van der Waals surface area (Å²) in [6.45, 7) is 4.51. The van der Waals surface area contributed by atoms with Crippen LogP contribution in [-0.2, 0) is 10.0 Å². The number of nitrogens with two attached hydrogens (primary N) is 1. The molecule has 1 aromatic rings. The third-order valence-electron chi connectivity index (χ3n) is 3.42. The average molecular weight is 331 g/mol. The number of nitrogens with zero attached hydrogens (tertiary/aromatic N) is 2. The fraction of sp³-hybridized carbons (Fsp3) is 0.500. The van der Waals surface area contributed by atoms with E-state index in [1.165, 1.54) is 12.3 Å². The number of sulfonamides is 1. The Hall–Kier alpha value is -0.700. The minimum atomic E-state index is -3.51. The predicted octanol–water partition coefficient (Wildman–Crippen LogP) is 1.23. The van der Waals surface area contributed by atoms with Crippen LogP contribution in [-0.4, -0.2) is 46.3 Å². The predicted molar refractivity (Wildman–Crippen MR) is 85.4 cm³/mol. The minimum absolute atomic E-state index is 0.0333. The highest BCUT2D eigenvalue weighted by Crippen LogP contribution is 2.29. The zero-order valence-corrected chi connectivity index (χ0v) is 13.8. The van der Waals surface area contributed by atoms with Crippen molar-refractivity contribution in [3.63, 3.8) is 0 Å². The van der Waals surface area contributed by atoms with E-state index in [0.29, 0.717) is 12.2 Å². The van der Waals surface area contributed by atoms with Crippen molar-refractivity contribution >= 4 is 39.0 Å². The number of aromatic nitrogens is 1. The zero-order valence-electron chi connectivity index (χ0n) is 11.3. The van der Waals surface area contributed by atoms with E-state index in [1.54, 1.807) is 22.1 Å². The summed E-state index contributed by atoms with van der Waals surface area (Å²) in [6.07, 6.45) is 1.32. The molecule has 2 rings (SSSR count). The third kappa shape index (κ3) is 2.98. The molecular formula is C12H17N3O2S3. The summed E-state index contributed by atoms with van der Waals surface area (Å²) in [4.78, 5) is 4.35. The Kier molecular flexibility index (Phi) is 4.68. The van der Waals surface area contributed by atoms with E-state index in [2.05, 4.69) is 4.98 Å². The molecule has 0 aromatic carbocycles. The van der Waals surface area contributed by atoms with Gasteiger partial charge in [-0.25, -0.2) is 8.42 Å². The molecular weight excluding hydrogens is 314 g/mol. The highest BCUT2D eigenvalue weighted by Gasteiger charge is 2.35. The van der Waals surface area contributed by atoms with Crippen LogP contribution in [0.5, 0.6) is 0 Å². The van der Waals surface area contributed by atoms with Gasteiger partial charge >= 0.3 is 0 Å². The largest absolute Gasteiger partial charge is 0.388 e. The van der Waals surface area contributed by atoms with Gasteiger partial charge in [0, 0.05) is 29.8 Å². The van der Waals surface area contributed by atoms with E-state index in [0.717, 1.165) is 5.75 Å². The van der Waals surface area contributed by atoms with Crippen LogP contribution in [0.4, 0.5) is 0 Å². The molecule has 1 aliphatic heterocycles. The minimum Gasteiger partial charge on any atom is -0.388 e. The molecule has 1 aliphatic rings. The maximum Gasteiger partial charge on any atom is 0.244 e. The Morgan fingerprint density at radius 3 is 2.75 bits per heavy atom. The maximum absolute atomic E-state index is 12.6. The summed E-state index contributed by atoms with van der Waals surface area (Å²) >= 11 is 6.60. The Balaban J connectivity index is 2.32. The van der Waals surface area contributed by atoms with E-state index in [-0.39, 0.29) is 21.2 Å². The number of hydrogen-bond donors (Lipinski definition) is 1. The molecule has 0 spiro atoms. The number of thiocarbonyl (C=S) groups is 1. The van der Waals surface area contributed by atoms with E-state index in [4.69, 9.17) is 18.0 Å². The highest BCUT2D eigenvalue weighted by molar-refractivity contribution is 8.00. The van der Waals surface area contributed by atoms with Gasteiger partial charge in [0.15, 0.2) is 0 Å². The van der Waals surface area contributed by atoms with Crippen molar-refractivity contribution in [3.8, 4) is 0 Å². The van der Waals surface area contributed by atoms with Gasteiger partial charge in [-0.05, 0) is 19.1 Å². The lowest BCUT2D eigenvalue weighted by atomic mass is 10.2. The van der Waals surface area contributed by atoms with Crippen molar-refractivity contribution in [3.05, 3.63) is 24.0 Å². The maximum atomic E-state index is 12.6. The van der Waals surface area contributed by atoms with Crippen molar-refractivity contribution in [1.82, 2.24) is 9.29 Å². The Morgan fingerprint density at radius 1 is 1.50 bits per heavy atom. The van der Waals surface area contributed by atoms with E-state index < -0.39 is 10.0 Å². The van der Waals surface area contributed by atoms with Gasteiger partial charge in [-0.15, -0.1) is 0 Å². The fourth-order valence-electron chi connectivity index (χ4n) is 2.06. The summed E-state index contributed by atoms with van der Waals surface area (Å²) in [5, 5.41) is 0.280. The molecule has 0 radical (unpaired) electrons. The summed E-state index contributed by atoms with van der Waals surface area (Å²) in [5.41, 5.74) is 5.89. The van der Waals surface area contributed by atoms with Gasteiger partial charge in [-0.3, -0.25) is 4.98 Å². The second kappa shape index (κ2) is 5.97. The van der Waals surface area contributed by atoms with Crippen molar-refractivity contribution in [2.75, 3.05) is 12.3 Å². The van der Waals surface area contributed by atoms with Crippen molar-refractivity contribution < 1.29 is 8.42 Å². The zero-order chi connectivity index (χ0) is 14.9. The van der Waals surface area contributed by atoms with Crippen LogP contribution >= 0.6 is 24.0 Å². The van der Waals surface area contributed by atoms with Crippen molar-refractivity contribution in [2.45, 2.75) is 30.0 Å². The fourth-order valence-corrected chi connectivity index (χ4v) is 5.12. The monoisotopic (exact) mass is 331 g/mol. The third-order valence-corrected chi connectivity index (χ3v) is 6.94. The second-order valence-corrected chi connectivity index (χ2v) is 8.49. The van der Waals surface area contributed by atoms with Gasteiger partial charge in [-0.1, -0.05) is 19.1 Å². The van der Waals surface area contributed by atoms with Gasteiger partial charge in [-0.2, -0.15) is 16.1 Å². The van der Waals surface area contributed by atoms with E-state index in [9.17, 15) is 8.42 Å². The first-order valence-corrected chi connectivity index (χ1v) is 9.13. The Morgan fingerprint density at radius 2 is 2.20 bits per heavy atom. The van der Waals surface area contributed by atoms with Gasteiger partial charge in [0.25, 0.3) is 0 Å². The molecule has 2 N–H and O–H groups in total. The Bertz CT molecular complexity index is 601. The Labute approximate surface area is 129 Å². The standard InChI is InChI=1S/C12H17N3O2S3/c1-8-9(2)19-6-5-15(8)20(16,17)10-3-4-11(12(13)18)14-7-10/h3-4,7-9H,5-6H2,1-2H3,(H2,13,18). The molecule has 2 unspecified atom stereocenters. The summed E-state index contributed by atoms with van der Waals surface area (Å²) in [5.74, 6) is 0.809. The lowest BCUT2D eigenvalue weighted by Crippen LogP contribution is -2.47. The van der Waals surface area contributed by atoms with E-state index in [1.807, 2.05) is 13.8 Å². The molecule has 1 saturated heterocycles. The molecule has 5 nitrogen and oxygen atoms in total. The summed E-state index contributed by atoms with van der Waals surface area (Å²) in [7, 11) is -3.51. The molecule has 1 fully saturated rings. The van der Waals surface area contributed by atoms with Crippen LogP contribution in [0.1, 0.15) is 19.5 Å². The molecule has 0 bridgehead atoms. The molecule has 0 aliphatic carbocycles. The van der Waals surface area contributed by atoms with Gasteiger partial charge in [0.05, 0.1) is 5.69 Å². The highest BCUT2D eigenvalue weighted by atomic mass is 32.2. The van der Waals surface area contributed by atoms with Crippen LogP contribution < -0.4 is 5.73 Å². The first-order valence-electron chi connectivity index (χ1n) is 6.23. The molecule has 2 heterocycles. The molecule has 8 heteroatoms. The normalized spacial score (nSPS) is 24.5. The van der Waals surface area contributed by atoms with Gasteiger partial charge in [0.2, 0.25) is 10.0 Å². The number of hydrogen-bond acceptors (Lipinski definition) is 5. The smallest absolute Gasteiger partial charge is 0.244 e. The average Bonchev–Trinajstić information content (AvgIpc) is 2.41. The lowest BCUT2D eigenvalue weighted by Gasteiger charge is -2.36. The molecule has 1 aromatic heterocycles. The molecule has 0 amide bonds. The number of thioether (sulfide) groups is 1. The van der Waals surface area contributed by atoms with Crippen LogP contribution in [0.15, 0.2) is 23.2 Å².